The van der Waals surface area contributed by atoms with Crippen molar-refractivity contribution in [3.63, 3.8) is 0 Å². The van der Waals surface area contributed by atoms with Crippen molar-refractivity contribution in [1.29, 1.82) is 0 Å². The Labute approximate surface area is 221 Å². The maximum absolute atomic E-state index is 13.7. The Balaban J connectivity index is 1.26. The molecule has 10 heteroatoms. The van der Waals surface area contributed by atoms with Crippen molar-refractivity contribution < 1.29 is 8.78 Å². The molecule has 6 heterocycles. The fourth-order valence-corrected chi connectivity index (χ4v) is 5.66. The number of likely N-dealkylation sites (tertiary alicyclic amines) is 1. The normalized spacial score (nSPS) is 18.9. The van der Waals surface area contributed by atoms with Crippen molar-refractivity contribution in [1.82, 2.24) is 34.6 Å². The van der Waals surface area contributed by atoms with Crippen molar-refractivity contribution in [2.45, 2.75) is 57.9 Å². The Kier molecular flexibility index (Phi) is 6.59. The summed E-state index contributed by atoms with van der Waals surface area (Å²) in [5.41, 5.74) is 6.14. The zero-order valence-corrected chi connectivity index (χ0v) is 22.0. The number of fused-ring (bicyclic) bond motifs is 1. The van der Waals surface area contributed by atoms with Gasteiger partial charge in [0.25, 0.3) is 5.92 Å². The fraction of sp³-hybridized carbons (Fsp3) is 0.500. The molecule has 0 spiro atoms. The van der Waals surface area contributed by atoms with E-state index in [9.17, 15) is 8.78 Å². The summed E-state index contributed by atoms with van der Waals surface area (Å²) in [5, 5.41) is 4.69. The van der Waals surface area contributed by atoms with Crippen LogP contribution in [0.5, 0.6) is 0 Å². The van der Waals surface area contributed by atoms with E-state index < -0.39 is 5.92 Å². The van der Waals surface area contributed by atoms with Gasteiger partial charge in [-0.1, -0.05) is 13.8 Å². The van der Waals surface area contributed by atoms with Gasteiger partial charge in [0.2, 0.25) is 0 Å². The topological polar surface area (TPSA) is 78.8 Å². The van der Waals surface area contributed by atoms with E-state index in [-0.39, 0.29) is 12.8 Å². The first-order valence-corrected chi connectivity index (χ1v) is 13.7. The van der Waals surface area contributed by atoms with Crippen LogP contribution in [0.3, 0.4) is 0 Å². The summed E-state index contributed by atoms with van der Waals surface area (Å²) in [6.45, 7) is 8.22. The molecule has 38 heavy (non-hydrogen) atoms. The van der Waals surface area contributed by atoms with Crippen LogP contribution in [-0.2, 0) is 6.42 Å². The first-order valence-electron chi connectivity index (χ1n) is 13.7. The maximum atomic E-state index is 13.7. The molecule has 0 aromatic carbocycles. The molecule has 0 atom stereocenters. The minimum absolute atomic E-state index is 0.132. The molecule has 2 fully saturated rings. The second-order valence-corrected chi connectivity index (χ2v) is 10.4. The van der Waals surface area contributed by atoms with E-state index in [1.165, 1.54) is 0 Å². The minimum Gasteiger partial charge on any atom is -0.356 e. The van der Waals surface area contributed by atoms with Gasteiger partial charge in [0.1, 0.15) is 11.3 Å². The Hall–Kier alpha value is -3.40. The van der Waals surface area contributed by atoms with Gasteiger partial charge in [-0.05, 0) is 37.4 Å². The number of hydrogen-bond acceptors (Lipinski definition) is 6. The largest absolute Gasteiger partial charge is 0.356 e. The number of piperidine rings is 2. The van der Waals surface area contributed by atoms with Crippen molar-refractivity contribution in [2.24, 2.45) is 0 Å². The van der Waals surface area contributed by atoms with Gasteiger partial charge < -0.3 is 14.8 Å². The first-order chi connectivity index (χ1) is 18.4. The quantitative estimate of drug-likeness (QED) is 0.370. The predicted octanol–water partition coefficient (Wildman–Crippen LogP) is 5.34. The lowest BCUT2D eigenvalue weighted by Gasteiger charge is -2.33. The average Bonchev–Trinajstić information content (AvgIpc) is 3.60. The molecular formula is C28H34F2N8. The number of halogens is 2. The zero-order chi connectivity index (χ0) is 26.3. The second-order valence-electron chi connectivity index (χ2n) is 10.4. The summed E-state index contributed by atoms with van der Waals surface area (Å²) < 4.78 is 29.4. The molecule has 0 amide bonds. The summed E-state index contributed by atoms with van der Waals surface area (Å²) in [5.74, 6) is -1.79. The molecule has 0 radical (unpaired) electrons. The maximum Gasteiger partial charge on any atom is 0.251 e. The van der Waals surface area contributed by atoms with Crippen molar-refractivity contribution in [2.75, 3.05) is 37.6 Å². The van der Waals surface area contributed by atoms with Gasteiger partial charge in [-0.2, -0.15) is 5.10 Å². The standard InChI is InChI=1S/C28H34F2N8/c1-3-19-13-20(14-33-27(19)37-11-7-28(29,30)8-12-37)24-17-32-26-25(35-24)23(16-31-26)21-15-34-38(18-21)22-5-9-36(4-2)10-6-22/h13-18,22H,3-12H2,1-2H3,(H,31,32). The van der Waals surface area contributed by atoms with Crippen LogP contribution in [0.1, 0.15) is 51.1 Å². The number of nitrogens with zero attached hydrogens (tertiary/aromatic N) is 7. The van der Waals surface area contributed by atoms with Crippen molar-refractivity contribution in [3.8, 4) is 22.4 Å². The predicted molar refractivity (Wildman–Crippen MR) is 144 cm³/mol. The van der Waals surface area contributed by atoms with E-state index in [0.29, 0.717) is 19.1 Å². The molecular weight excluding hydrogens is 486 g/mol. The minimum atomic E-state index is -2.58. The molecule has 0 aliphatic carbocycles. The molecule has 2 aliphatic heterocycles. The number of pyridine rings is 1. The van der Waals surface area contributed by atoms with Gasteiger partial charge >= 0.3 is 0 Å². The van der Waals surface area contributed by atoms with Gasteiger partial charge in [0.05, 0.1) is 24.1 Å². The number of H-pyrrole nitrogens is 1. The monoisotopic (exact) mass is 520 g/mol. The molecule has 0 unspecified atom stereocenters. The Morgan fingerprint density at radius 3 is 2.53 bits per heavy atom. The van der Waals surface area contributed by atoms with E-state index in [2.05, 4.69) is 45.7 Å². The molecule has 2 aliphatic rings. The highest BCUT2D eigenvalue weighted by molar-refractivity contribution is 5.91. The third-order valence-corrected chi connectivity index (χ3v) is 8.09. The molecule has 0 saturated carbocycles. The molecule has 2 saturated heterocycles. The molecule has 0 bridgehead atoms. The third kappa shape index (κ3) is 4.77. The highest BCUT2D eigenvalue weighted by Crippen LogP contribution is 2.34. The highest BCUT2D eigenvalue weighted by atomic mass is 19.3. The van der Waals surface area contributed by atoms with Crippen LogP contribution in [0.25, 0.3) is 33.5 Å². The van der Waals surface area contributed by atoms with Gasteiger partial charge in [0, 0.05) is 74.3 Å². The molecule has 1 N–H and O–H groups in total. The van der Waals surface area contributed by atoms with E-state index in [1.54, 1.807) is 12.4 Å². The van der Waals surface area contributed by atoms with Crippen molar-refractivity contribution in [3.05, 3.63) is 42.6 Å². The summed E-state index contributed by atoms with van der Waals surface area (Å²) in [6.07, 6.45) is 12.2. The Morgan fingerprint density at radius 1 is 1.00 bits per heavy atom. The van der Waals surface area contributed by atoms with Crippen molar-refractivity contribution >= 4 is 17.0 Å². The fourth-order valence-electron chi connectivity index (χ4n) is 5.66. The molecule has 200 valence electrons. The zero-order valence-electron chi connectivity index (χ0n) is 22.0. The van der Waals surface area contributed by atoms with Gasteiger partial charge in [0.15, 0.2) is 5.65 Å². The molecule has 8 nitrogen and oxygen atoms in total. The van der Waals surface area contributed by atoms with Crippen LogP contribution in [0, 0.1) is 0 Å². The summed E-state index contributed by atoms with van der Waals surface area (Å²) in [7, 11) is 0. The summed E-state index contributed by atoms with van der Waals surface area (Å²) >= 11 is 0. The Bertz CT molecular complexity index is 1410. The lowest BCUT2D eigenvalue weighted by atomic mass is 10.0. The number of nitrogens with one attached hydrogen (secondary N) is 1. The van der Waals surface area contributed by atoms with Crippen LogP contribution in [-0.4, -0.2) is 73.3 Å². The summed E-state index contributed by atoms with van der Waals surface area (Å²) in [4.78, 5) is 22.0. The number of hydrogen-bond donors (Lipinski definition) is 1. The van der Waals surface area contributed by atoms with E-state index >= 15 is 0 Å². The van der Waals surface area contributed by atoms with E-state index in [1.807, 2.05) is 17.3 Å². The lowest BCUT2D eigenvalue weighted by Crippen LogP contribution is -2.40. The van der Waals surface area contributed by atoms with Crippen LogP contribution in [0.2, 0.25) is 0 Å². The van der Waals surface area contributed by atoms with E-state index in [4.69, 9.17) is 15.1 Å². The van der Waals surface area contributed by atoms with Crippen LogP contribution < -0.4 is 4.90 Å². The first kappa shape index (κ1) is 24.9. The van der Waals surface area contributed by atoms with Crippen LogP contribution in [0.4, 0.5) is 14.6 Å². The smallest absolute Gasteiger partial charge is 0.251 e. The van der Waals surface area contributed by atoms with Gasteiger partial charge in [-0.25, -0.2) is 23.7 Å². The lowest BCUT2D eigenvalue weighted by molar-refractivity contribution is -0.0221. The molecule has 6 rings (SSSR count). The number of aromatic nitrogens is 6. The van der Waals surface area contributed by atoms with E-state index in [0.717, 1.165) is 83.8 Å². The van der Waals surface area contributed by atoms with Crippen LogP contribution in [0.15, 0.2) is 37.1 Å². The Morgan fingerprint density at radius 2 is 1.79 bits per heavy atom. The third-order valence-electron chi connectivity index (χ3n) is 8.09. The molecule has 4 aromatic rings. The number of rotatable bonds is 6. The number of anilines is 1. The van der Waals surface area contributed by atoms with Crippen LogP contribution >= 0.6 is 0 Å². The number of aromatic amines is 1. The SMILES string of the molecule is CCc1cc(-c2cnc3[nH]cc(-c4cnn(C5CCN(CC)CC5)c4)c3n2)cnc1N1CCC(F)(F)CC1. The molecule has 4 aromatic heterocycles. The van der Waals surface area contributed by atoms with Gasteiger partial charge in [-0.3, -0.25) is 4.68 Å². The highest BCUT2D eigenvalue weighted by Gasteiger charge is 2.35. The average molecular weight is 521 g/mol. The second kappa shape index (κ2) is 10.1. The number of aryl methyl sites for hydroxylation is 1. The number of alkyl halides is 2. The summed E-state index contributed by atoms with van der Waals surface area (Å²) in [6, 6.07) is 2.49. The van der Waals surface area contributed by atoms with Gasteiger partial charge in [-0.15, -0.1) is 0 Å².